The molecule has 6 heteroatoms. The van der Waals surface area contributed by atoms with Crippen molar-refractivity contribution in [1.82, 2.24) is 19.4 Å². The summed E-state index contributed by atoms with van der Waals surface area (Å²) >= 11 is 0. The van der Waals surface area contributed by atoms with Crippen LogP contribution in [0.5, 0.6) is 5.75 Å². The summed E-state index contributed by atoms with van der Waals surface area (Å²) in [4.78, 5) is 14.9. The Morgan fingerprint density at radius 1 is 0.569 bits per heavy atom. The average molecular weight is 843 g/mol. The minimum absolute atomic E-state index is 0. The average Bonchev–Trinajstić information content (AvgIpc) is 3.60. The summed E-state index contributed by atoms with van der Waals surface area (Å²) in [5.41, 5.74) is 12.8. The minimum atomic E-state index is -0.00496. The molecule has 0 saturated heterocycles. The van der Waals surface area contributed by atoms with Gasteiger partial charge in [0.2, 0.25) is 0 Å². The second-order valence-corrected chi connectivity index (χ2v) is 13.5. The molecule has 0 unspecified atom stereocenters. The normalized spacial score (nSPS) is 11.4. The zero-order valence-corrected chi connectivity index (χ0v) is 30.8. The molecule has 4 aromatic heterocycles. The first-order valence-electron chi connectivity index (χ1n) is 16.7. The van der Waals surface area contributed by atoms with Gasteiger partial charge >= 0.3 is 0 Å². The van der Waals surface area contributed by atoms with Gasteiger partial charge < -0.3 is 9.51 Å². The van der Waals surface area contributed by atoms with Gasteiger partial charge in [-0.15, -0.1) is 24.3 Å². The van der Waals surface area contributed by atoms with Crippen molar-refractivity contribution >= 4 is 5.65 Å². The first kappa shape index (κ1) is 33.8. The predicted octanol–water partition coefficient (Wildman–Crippen LogP) is 10.9. The Kier molecular flexibility index (Phi) is 9.25. The third-order valence-electron chi connectivity index (χ3n) is 9.06. The summed E-state index contributed by atoms with van der Waals surface area (Å²) in [5, 5.41) is 11.0. The van der Waals surface area contributed by atoms with E-state index in [-0.39, 0.29) is 32.2 Å². The van der Waals surface area contributed by atoms with Gasteiger partial charge in [-0.05, 0) is 64.1 Å². The summed E-state index contributed by atoms with van der Waals surface area (Å²) in [6, 6.07) is 48.2. The number of fused-ring (bicyclic) bond motifs is 1. The number of imidazole rings is 1. The van der Waals surface area contributed by atoms with Gasteiger partial charge in [-0.3, -0.25) is 9.97 Å². The molecule has 0 aliphatic carbocycles. The number of hydrogen-bond donors (Lipinski definition) is 1. The molecule has 0 spiro atoms. The van der Waals surface area contributed by atoms with Gasteiger partial charge in [0.15, 0.2) is 0 Å². The minimum Gasteiger partial charge on any atom is -0.507 e. The molecule has 0 radical (unpaired) electrons. The number of aromatic hydroxyl groups is 1. The van der Waals surface area contributed by atoms with E-state index in [0.717, 1.165) is 61.7 Å². The number of para-hydroxylation sites is 1. The van der Waals surface area contributed by atoms with Crippen LogP contribution in [0, 0.1) is 6.07 Å². The topological polar surface area (TPSA) is 63.3 Å². The van der Waals surface area contributed by atoms with Crippen LogP contribution < -0.4 is 0 Å². The Morgan fingerprint density at radius 2 is 1.24 bits per heavy atom. The van der Waals surface area contributed by atoms with E-state index in [9.17, 15) is 5.11 Å². The van der Waals surface area contributed by atoms with Gasteiger partial charge in [-0.1, -0.05) is 111 Å². The fourth-order valence-electron chi connectivity index (χ4n) is 6.41. The van der Waals surface area contributed by atoms with Gasteiger partial charge in [0.25, 0.3) is 0 Å². The van der Waals surface area contributed by atoms with Crippen molar-refractivity contribution in [3.05, 3.63) is 164 Å². The Hall–Kier alpha value is -5.64. The van der Waals surface area contributed by atoms with Crippen molar-refractivity contribution in [2.24, 2.45) is 0 Å². The molecule has 0 bridgehead atoms. The Morgan fingerprint density at radius 3 is 2.00 bits per heavy atom. The van der Waals surface area contributed by atoms with Crippen LogP contribution in [0.4, 0.5) is 0 Å². The van der Waals surface area contributed by atoms with E-state index in [0.29, 0.717) is 11.3 Å². The first-order valence-corrected chi connectivity index (χ1v) is 16.7. The Balaban J connectivity index is 0.00000406. The van der Waals surface area contributed by atoms with E-state index < -0.39 is 0 Å². The van der Waals surface area contributed by atoms with Crippen molar-refractivity contribution in [3.63, 3.8) is 0 Å². The molecule has 4 aromatic carbocycles. The van der Waals surface area contributed by atoms with Crippen LogP contribution in [0.15, 0.2) is 152 Å². The molecule has 0 aliphatic rings. The summed E-state index contributed by atoms with van der Waals surface area (Å²) in [6.07, 6.45) is 5.98. The second kappa shape index (κ2) is 13.9. The predicted molar refractivity (Wildman–Crippen MR) is 203 cm³/mol. The van der Waals surface area contributed by atoms with Crippen LogP contribution in [-0.4, -0.2) is 24.5 Å². The van der Waals surface area contributed by atoms with Crippen molar-refractivity contribution in [1.29, 1.82) is 0 Å². The zero-order valence-electron chi connectivity index (χ0n) is 28.5. The Labute approximate surface area is 312 Å². The zero-order chi connectivity index (χ0) is 34.2. The number of benzene rings is 4. The van der Waals surface area contributed by atoms with Crippen LogP contribution in [0.25, 0.3) is 72.9 Å². The SMILES string of the molecule is CC(C)(C)c1ccnc(-c2[c-]c(-c3cc(-c4ccccc4-c4cccn5cc(-c6ccccc6)nc45)cc(-c4ccccc4O)n3)ccc2)c1.[Pt]. The van der Waals surface area contributed by atoms with Gasteiger partial charge in [-0.2, -0.15) is 0 Å². The third kappa shape index (κ3) is 6.78. The molecular weight excluding hydrogens is 808 g/mol. The smallest absolute Gasteiger partial charge is 0.145 e. The summed E-state index contributed by atoms with van der Waals surface area (Å²) in [5.74, 6) is 0.174. The third-order valence-corrected chi connectivity index (χ3v) is 9.06. The van der Waals surface area contributed by atoms with Crippen molar-refractivity contribution in [3.8, 4) is 73.0 Å². The molecule has 0 saturated carbocycles. The maximum Gasteiger partial charge on any atom is 0.145 e. The fraction of sp³-hybridized carbons (Fsp3) is 0.0889. The van der Waals surface area contributed by atoms with E-state index in [2.05, 4.69) is 110 Å². The molecule has 252 valence electrons. The molecule has 8 aromatic rings. The van der Waals surface area contributed by atoms with Crippen molar-refractivity contribution < 1.29 is 26.2 Å². The van der Waals surface area contributed by atoms with E-state index in [4.69, 9.17) is 15.0 Å². The van der Waals surface area contributed by atoms with Gasteiger partial charge in [0.05, 0.1) is 11.4 Å². The number of rotatable bonds is 6. The fourth-order valence-corrected chi connectivity index (χ4v) is 6.41. The molecule has 4 heterocycles. The van der Waals surface area contributed by atoms with Crippen molar-refractivity contribution in [2.45, 2.75) is 26.2 Å². The Bertz CT molecular complexity index is 2500. The van der Waals surface area contributed by atoms with Crippen LogP contribution in [0.1, 0.15) is 26.3 Å². The number of pyridine rings is 3. The molecule has 0 fully saturated rings. The number of aromatic nitrogens is 4. The summed E-state index contributed by atoms with van der Waals surface area (Å²) in [6.45, 7) is 6.61. The monoisotopic (exact) mass is 842 g/mol. The first-order chi connectivity index (χ1) is 24.3. The summed E-state index contributed by atoms with van der Waals surface area (Å²) in [7, 11) is 0. The number of phenols is 1. The van der Waals surface area contributed by atoms with Crippen LogP contribution in [0.2, 0.25) is 0 Å². The van der Waals surface area contributed by atoms with E-state index in [1.807, 2.05) is 67.0 Å². The number of nitrogens with zero attached hydrogens (tertiary/aromatic N) is 4. The largest absolute Gasteiger partial charge is 0.507 e. The molecule has 0 amide bonds. The van der Waals surface area contributed by atoms with Gasteiger partial charge in [0.1, 0.15) is 11.4 Å². The molecule has 1 N–H and O–H groups in total. The molecule has 0 aliphatic heterocycles. The molecule has 5 nitrogen and oxygen atoms in total. The van der Waals surface area contributed by atoms with E-state index >= 15 is 0 Å². The quantitative estimate of drug-likeness (QED) is 0.169. The van der Waals surface area contributed by atoms with Crippen LogP contribution in [0.3, 0.4) is 0 Å². The molecular formula is C45H35N4OPt-. The van der Waals surface area contributed by atoms with Gasteiger partial charge in [0, 0.05) is 67.7 Å². The number of hydrogen-bond acceptors (Lipinski definition) is 4. The summed E-state index contributed by atoms with van der Waals surface area (Å²) < 4.78 is 2.09. The van der Waals surface area contributed by atoms with Gasteiger partial charge in [-0.25, -0.2) is 4.98 Å². The molecule has 0 atom stereocenters. The van der Waals surface area contributed by atoms with Crippen LogP contribution in [-0.2, 0) is 26.5 Å². The number of phenolic OH excluding ortho intramolecular Hbond substituents is 1. The molecule has 8 rings (SSSR count). The van der Waals surface area contributed by atoms with E-state index in [1.165, 1.54) is 5.56 Å². The molecule has 51 heavy (non-hydrogen) atoms. The second-order valence-electron chi connectivity index (χ2n) is 13.5. The standard InChI is InChI=1S/C45H35N4O.Pt/c1-45(2,3)34-22-23-46-39(28-34)31-15-11-16-32(25-31)40-26-33(27-41(47-40)38-19-9-10-21-43(38)50)35-17-7-8-18-36(35)37-20-12-24-49-29-42(48-44(37)49)30-13-5-4-6-14-30;/h4-24,26-29,50H,1-3H3;/q-1;. The maximum absolute atomic E-state index is 11.0. The van der Waals surface area contributed by atoms with Crippen LogP contribution >= 0.6 is 0 Å². The van der Waals surface area contributed by atoms with Crippen molar-refractivity contribution in [2.75, 3.05) is 0 Å². The van der Waals surface area contributed by atoms with E-state index in [1.54, 1.807) is 6.07 Å². The maximum atomic E-state index is 11.0.